The van der Waals surface area contributed by atoms with Gasteiger partial charge in [0.1, 0.15) is 0 Å². The zero-order chi connectivity index (χ0) is 15.3. The number of amides is 2. The second-order valence-electron chi connectivity index (χ2n) is 4.01. The van der Waals surface area contributed by atoms with Crippen LogP contribution < -0.4 is 10.6 Å². The van der Waals surface area contributed by atoms with Gasteiger partial charge in [0.05, 0.1) is 13.0 Å². The predicted molar refractivity (Wildman–Crippen MR) is 64.5 cm³/mol. The molecule has 0 heterocycles. The van der Waals surface area contributed by atoms with Gasteiger partial charge in [-0.2, -0.15) is 0 Å². The summed E-state index contributed by atoms with van der Waals surface area (Å²) >= 11 is 0. The summed E-state index contributed by atoms with van der Waals surface area (Å²) in [5.74, 6) is -5.53. The van der Waals surface area contributed by atoms with Gasteiger partial charge in [-0.1, -0.05) is 6.92 Å². The molecular formula is C12H13F3N2O3. The van der Waals surface area contributed by atoms with Crippen LogP contribution in [-0.2, 0) is 9.53 Å². The Bertz CT molecular complexity index is 500. The number of halogens is 3. The van der Waals surface area contributed by atoms with Gasteiger partial charge in [0, 0.05) is 24.4 Å². The van der Waals surface area contributed by atoms with Crippen molar-refractivity contribution in [1.82, 2.24) is 5.32 Å². The monoisotopic (exact) mass is 290 g/mol. The van der Waals surface area contributed by atoms with Crippen molar-refractivity contribution < 1.29 is 27.5 Å². The third-order valence-electron chi connectivity index (χ3n) is 2.41. The van der Waals surface area contributed by atoms with Gasteiger partial charge < -0.3 is 15.4 Å². The summed E-state index contributed by atoms with van der Waals surface area (Å²) < 4.78 is 43.0. The van der Waals surface area contributed by atoms with Gasteiger partial charge in [0.25, 0.3) is 0 Å². The molecule has 0 aliphatic heterocycles. The number of hydrogen-bond donors (Lipinski definition) is 2. The lowest BCUT2D eigenvalue weighted by Crippen LogP contribution is -2.35. The minimum Gasteiger partial charge on any atom is -0.469 e. The largest absolute Gasteiger partial charge is 0.469 e. The van der Waals surface area contributed by atoms with E-state index in [9.17, 15) is 22.8 Å². The molecule has 0 spiro atoms. The Labute approximate surface area is 113 Å². The minimum atomic E-state index is -1.62. The molecule has 1 aromatic carbocycles. The molecule has 0 radical (unpaired) electrons. The first kappa shape index (κ1) is 15.8. The van der Waals surface area contributed by atoms with Crippen molar-refractivity contribution in [2.45, 2.75) is 6.92 Å². The van der Waals surface area contributed by atoms with Crippen molar-refractivity contribution in [3.05, 3.63) is 29.6 Å². The van der Waals surface area contributed by atoms with Crippen LogP contribution in [0.5, 0.6) is 0 Å². The molecule has 20 heavy (non-hydrogen) atoms. The van der Waals surface area contributed by atoms with Gasteiger partial charge in [-0.15, -0.1) is 0 Å². The van der Waals surface area contributed by atoms with Crippen LogP contribution in [-0.4, -0.2) is 25.7 Å². The van der Waals surface area contributed by atoms with Crippen molar-refractivity contribution in [3.63, 3.8) is 0 Å². The third kappa shape index (κ3) is 4.15. The first-order valence-electron chi connectivity index (χ1n) is 5.62. The quantitative estimate of drug-likeness (QED) is 0.658. The van der Waals surface area contributed by atoms with Crippen LogP contribution in [0, 0.1) is 23.4 Å². The molecule has 2 amide bonds. The first-order chi connectivity index (χ1) is 9.35. The number of esters is 1. The molecule has 8 heteroatoms. The van der Waals surface area contributed by atoms with Crippen LogP contribution in [0.15, 0.2) is 12.1 Å². The van der Waals surface area contributed by atoms with Crippen molar-refractivity contribution in [3.8, 4) is 0 Å². The van der Waals surface area contributed by atoms with E-state index in [4.69, 9.17) is 0 Å². The molecule has 5 nitrogen and oxygen atoms in total. The summed E-state index contributed by atoms with van der Waals surface area (Å²) in [5.41, 5.74) is -0.246. The molecule has 0 saturated carbocycles. The van der Waals surface area contributed by atoms with E-state index in [0.717, 1.165) is 0 Å². The summed E-state index contributed by atoms with van der Waals surface area (Å²) in [6, 6.07) is 0.495. The van der Waals surface area contributed by atoms with E-state index in [1.165, 1.54) is 14.0 Å². The molecule has 0 saturated heterocycles. The average Bonchev–Trinajstić information content (AvgIpc) is 2.41. The number of hydrogen-bond acceptors (Lipinski definition) is 3. The maximum atomic E-state index is 12.9. The lowest BCUT2D eigenvalue weighted by atomic mass is 10.2. The molecular weight excluding hydrogens is 277 g/mol. The summed E-state index contributed by atoms with van der Waals surface area (Å²) in [6.45, 7) is 1.51. The van der Waals surface area contributed by atoms with Crippen molar-refractivity contribution in [2.75, 3.05) is 19.0 Å². The highest BCUT2D eigenvalue weighted by Crippen LogP contribution is 2.17. The zero-order valence-corrected chi connectivity index (χ0v) is 10.8. The highest BCUT2D eigenvalue weighted by atomic mass is 19.2. The van der Waals surface area contributed by atoms with Gasteiger partial charge in [-0.05, 0) is 0 Å². The van der Waals surface area contributed by atoms with E-state index in [1.807, 2.05) is 0 Å². The van der Waals surface area contributed by atoms with Gasteiger partial charge in [0.15, 0.2) is 17.5 Å². The number of ether oxygens (including phenoxy) is 1. The van der Waals surface area contributed by atoms with E-state index in [1.54, 1.807) is 0 Å². The molecule has 2 N–H and O–H groups in total. The van der Waals surface area contributed by atoms with Gasteiger partial charge in [-0.25, -0.2) is 18.0 Å². The lowest BCUT2D eigenvalue weighted by molar-refractivity contribution is -0.144. The SMILES string of the molecule is COC(=O)C(C)CNC(=O)Nc1cc(F)c(F)c(F)c1. The molecule has 0 aliphatic carbocycles. The van der Waals surface area contributed by atoms with Crippen LogP contribution in [0.4, 0.5) is 23.7 Å². The standard InChI is InChI=1S/C12H13F3N2O3/c1-6(11(18)20-2)5-16-12(19)17-7-3-8(13)10(15)9(14)4-7/h3-4,6H,5H2,1-2H3,(H2,16,17,19). The number of rotatable bonds is 4. The van der Waals surface area contributed by atoms with Crippen LogP contribution in [0.1, 0.15) is 6.92 Å². The van der Waals surface area contributed by atoms with Crippen LogP contribution in [0.3, 0.4) is 0 Å². The first-order valence-corrected chi connectivity index (χ1v) is 5.62. The predicted octanol–water partition coefficient (Wildman–Crippen LogP) is 2.03. The molecule has 0 bridgehead atoms. The van der Waals surface area contributed by atoms with Crippen molar-refractivity contribution in [2.24, 2.45) is 5.92 Å². The molecule has 1 unspecified atom stereocenters. The van der Waals surface area contributed by atoms with Gasteiger partial charge >= 0.3 is 12.0 Å². The Morgan fingerprint density at radius 2 is 1.80 bits per heavy atom. The number of anilines is 1. The Kier molecular flexibility index (Phi) is 5.36. The normalized spacial score (nSPS) is 11.7. The van der Waals surface area contributed by atoms with Crippen LogP contribution in [0.2, 0.25) is 0 Å². The number of carbonyl (C=O) groups is 2. The Morgan fingerprint density at radius 1 is 1.25 bits per heavy atom. The summed E-state index contributed by atoms with van der Waals surface area (Å²) in [5, 5.41) is 4.42. The summed E-state index contributed by atoms with van der Waals surface area (Å²) in [4.78, 5) is 22.5. The fraction of sp³-hybridized carbons (Fsp3) is 0.333. The second kappa shape index (κ2) is 6.78. The van der Waals surface area contributed by atoms with E-state index >= 15 is 0 Å². The van der Waals surface area contributed by atoms with E-state index in [2.05, 4.69) is 15.4 Å². The number of nitrogens with one attached hydrogen (secondary N) is 2. The zero-order valence-electron chi connectivity index (χ0n) is 10.8. The maximum Gasteiger partial charge on any atom is 0.319 e. The lowest BCUT2D eigenvalue weighted by Gasteiger charge is -2.11. The van der Waals surface area contributed by atoms with Crippen molar-refractivity contribution >= 4 is 17.7 Å². The van der Waals surface area contributed by atoms with E-state index < -0.39 is 35.4 Å². The Morgan fingerprint density at radius 3 is 2.30 bits per heavy atom. The number of benzene rings is 1. The van der Waals surface area contributed by atoms with Crippen LogP contribution >= 0.6 is 0 Å². The van der Waals surface area contributed by atoms with E-state index in [-0.39, 0.29) is 12.2 Å². The maximum absolute atomic E-state index is 12.9. The fourth-order valence-electron chi connectivity index (χ4n) is 1.33. The molecule has 0 aliphatic rings. The third-order valence-corrected chi connectivity index (χ3v) is 2.41. The average molecular weight is 290 g/mol. The van der Waals surface area contributed by atoms with Gasteiger partial charge in [-0.3, -0.25) is 4.79 Å². The summed E-state index contributed by atoms with van der Waals surface area (Å²) in [7, 11) is 1.21. The second-order valence-corrected chi connectivity index (χ2v) is 4.01. The Balaban J connectivity index is 2.57. The number of urea groups is 1. The molecule has 110 valence electrons. The Hall–Kier alpha value is -2.25. The molecule has 0 aromatic heterocycles. The van der Waals surface area contributed by atoms with Crippen molar-refractivity contribution in [1.29, 1.82) is 0 Å². The molecule has 0 fully saturated rings. The molecule has 1 atom stereocenters. The fourth-order valence-corrected chi connectivity index (χ4v) is 1.33. The number of carbonyl (C=O) groups excluding carboxylic acids is 2. The molecule has 1 rings (SSSR count). The highest BCUT2D eigenvalue weighted by molar-refractivity contribution is 5.89. The smallest absolute Gasteiger partial charge is 0.319 e. The molecule has 1 aromatic rings. The number of methoxy groups -OCH3 is 1. The minimum absolute atomic E-state index is 0.0231. The summed E-state index contributed by atoms with van der Waals surface area (Å²) in [6.07, 6.45) is 0. The van der Waals surface area contributed by atoms with E-state index in [0.29, 0.717) is 12.1 Å². The topological polar surface area (TPSA) is 67.4 Å². The van der Waals surface area contributed by atoms with Gasteiger partial charge in [0.2, 0.25) is 0 Å². The van der Waals surface area contributed by atoms with Crippen LogP contribution in [0.25, 0.3) is 0 Å². The highest BCUT2D eigenvalue weighted by Gasteiger charge is 2.15.